The number of halogens is 1. The maximum absolute atomic E-state index is 12.5. The van der Waals surface area contributed by atoms with Crippen molar-refractivity contribution in [1.82, 2.24) is 4.90 Å². The third kappa shape index (κ3) is 4.66. The number of thioether (sulfide) groups is 1. The fourth-order valence-corrected chi connectivity index (χ4v) is 3.94. The summed E-state index contributed by atoms with van der Waals surface area (Å²) in [4.78, 5) is 30.8. The van der Waals surface area contributed by atoms with Gasteiger partial charge in [-0.15, -0.1) is 0 Å². The summed E-state index contributed by atoms with van der Waals surface area (Å²) < 4.78 is 5.09. The smallest absolute Gasteiger partial charge is 0.242 e. The summed E-state index contributed by atoms with van der Waals surface area (Å²) in [5.41, 5.74) is 2.28. The zero-order valence-electron chi connectivity index (χ0n) is 15.7. The minimum Gasteiger partial charge on any atom is -0.497 e. The van der Waals surface area contributed by atoms with Crippen LogP contribution in [0.15, 0.2) is 47.5 Å². The summed E-state index contributed by atoms with van der Waals surface area (Å²) >= 11 is 7.42. The quantitative estimate of drug-likeness (QED) is 0.789. The van der Waals surface area contributed by atoms with Crippen LogP contribution >= 0.6 is 23.4 Å². The normalized spacial score (nSPS) is 17.9. The van der Waals surface area contributed by atoms with E-state index in [9.17, 15) is 9.59 Å². The number of hydrogen-bond acceptors (Lipinski definition) is 5. The molecule has 0 aromatic heterocycles. The molecule has 1 atom stereocenters. The molecule has 1 fully saturated rings. The van der Waals surface area contributed by atoms with Crippen LogP contribution in [0.2, 0.25) is 5.02 Å². The van der Waals surface area contributed by atoms with Crippen LogP contribution in [0.1, 0.15) is 12.0 Å². The zero-order chi connectivity index (χ0) is 20.3. The van der Waals surface area contributed by atoms with Crippen molar-refractivity contribution in [2.24, 2.45) is 4.99 Å². The van der Waals surface area contributed by atoms with Crippen LogP contribution < -0.4 is 10.1 Å². The van der Waals surface area contributed by atoms with Crippen LogP contribution in [0.4, 0.5) is 11.4 Å². The Hall–Kier alpha value is -2.51. The van der Waals surface area contributed by atoms with Crippen LogP contribution in [0, 0.1) is 6.92 Å². The van der Waals surface area contributed by atoms with Crippen LogP contribution in [0.5, 0.6) is 5.75 Å². The highest BCUT2D eigenvalue weighted by atomic mass is 35.5. The summed E-state index contributed by atoms with van der Waals surface area (Å²) in [6.45, 7) is 1.91. The Bertz CT molecular complexity index is 931. The van der Waals surface area contributed by atoms with Crippen LogP contribution in [0.25, 0.3) is 0 Å². The molecule has 2 amide bonds. The first-order valence-electron chi connectivity index (χ1n) is 8.60. The van der Waals surface area contributed by atoms with E-state index < -0.39 is 5.25 Å². The molecule has 146 valence electrons. The Kier molecular flexibility index (Phi) is 6.26. The summed E-state index contributed by atoms with van der Waals surface area (Å²) in [6.07, 6.45) is 0.0630. The molecule has 1 heterocycles. The van der Waals surface area contributed by atoms with Gasteiger partial charge in [0.2, 0.25) is 11.8 Å². The summed E-state index contributed by atoms with van der Waals surface area (Å²) in [5.74, 6) is 0.328. The Labute approximate surface area is 172 Å². The number of rotatable bonds is 5. The first-order valence-corrected chi connectivity index (χ1v) is 9.86. The molecule has 0 saturated carbocycles. The standard InChI is InChI=1S/C20H20ClN3O3S/c1-12-4-5-14(10-16(12)21)23-20-24(2)19(26)17(28-20)11-18(25)22-13-6-8-15(27-3)9-7-13/h4-10,17H,11H2,1-3H3,(H,22,25)/t17-/m0/s1. The molecule has 3 rings (SSSR count). The minimum atomic E-state index is -0.511. The van der Waals surface area contributed by atoms with E-state index in [4.69, 9.17) is 16.3 Å². The number of amides is 2. The summed E-state index contributed by atoms with van der Waals surface area (Å²) in [7, 11) is 3.24. The number of anilines is 1. The molecule has 8 heteroatoms. The van der Waals surface area contributed by atoms with Crippen molar-refractivity contribution in [3.8, 4) is 5.75 Å². The van der Waals surface area contributed by atoms with Gasteiger partial charge in [-0.1, -0.05) is 29.4 Å². The van der Waals surface area contributed by atoms with Gasteiger partial charge in [0.15, 0.2) is 5.17 Å². The number of amidine groups is 1. The van der Waals surface area contributed by atoms with Gasteiger partial charge in [-0.2, -0.15) is 0 Å². The topological polar surface area (TPSA) is 71.0 Å². The Morgan fingerprint density at radius 3 is 2.64 bits per heavy atom. The molecule has 2 aromatic rings. The van der Waals surface area contributed by atoms with Gasteiger partial charge in [-0.25, -0.2) is 4.99 Å². The van der Waals surface area contributed by atoms with Crippen molar-refractivity contribution in [3.05, 3.63) is 53.1 Å². The Morgan fingerprint density at radius 1 is 1.29 bits per heavy atom. The SMILES string of the molecule is COc1ccc(NC(=O)C[C@@H]2SC(=Nc3ccc(C)c(Cl)c3)N(C)C2=O)cc1. The van der Waals surface area contributed by atoms with Crippen molar-refractivity contribution in [2.75, 3.05) is 19.5 Å². The highest BCUT2D eigenvalue weighted by Crippen LogP contribution is 2.32. The minimum absolute atomic E-state index is 0.0630. The lowest BCUT2D eigenvalue weighted by Crippen LogP contribution is -2.30. The van der Waals surface area contributed by atoms with Crippen molar-refractivity contribution >= 4 is 51.7 Å². The van der Waals surface area contributed by atoms with Gasteiger partial charge in [0.25, 0.3) is 0 Å². The lowest BCUT2D eigenvalue weighted by molar-refractivity contribution is -0.127. The number of carbonyl (C=O) groups excluding carboxylic acids is 2. The summed E-state index contributed by atoms with van der Waals surface area (Å²) in [5, 5.41) is 3.45. The van der Waals surface area contributed by atoms with Crippen LogP contribution in [0.3, 0.4) is 0 Å². The zero-order valence-corrected chi connectivity index (χ0v) is 17.3. The molecule has 0 spiro atoms. The number of aryl methyl sites for hydroxylation is 1. The van der Waals surface area contributed by atoms with Crippen molar-refractivity contribution in [3.63, 3.8) is 0 Å². The van der Waals surface area contributed by atoms with Gasteiger partial charge >= 0.3 is 0 Å². The molecule has 1 N–H and O–H groups in total. The maximum Gasteiger partial charge on any atom is 0.242 e. The molecule has 28 heavy (non-hydrogen) atoms. The van der Waals surface area contributed by atoms with Crippen LogP contribution in [-0.2, 0) is 9.59 Å². The molecule has 0 radical (unpaired) electrons. The maximum atomic E-state index is 12.5. The monoisotopic (exact) mass is 417 g/mol. The highest BCUT2D eigenvalue weighted by Gasteiger charge is 2.37. The third-order valence-corrected chi connectivity index (χ3v) is 5.90. The highest BCUT2D eigenvalue weighted by molar-refractivity contribution is 8.15. The second-order valence-electron chi connectivity index (χ2n) is 6.31. The molecule has 1 aliphatic heterocycles. The lowest BCUT2D eigenvalue weighted by Gasteiger charge is -2.09. The second-order valence-corrected chi connectivity index (χ2v) is 7.89. The van der Waals surface area contributed by atoms with Gasteiger partial charge in [-0.05, 0) is 48.9 Å². The van der Waals surface area contributed by atoms with Gasteiger partial charge in [0.1, 0.15) is 11.0 Å². The Morgan fingerprint density at radius 2 is 2.00 bits per heavy atom. The number of hydrogen-bond donors (Lipinski definition) is 1. The molecule has 0 unspecified atom stereocenters. The van der Waals surface area contributed by atoms with E-state index >= 15 is 0 Å². The van der Waals surface area contributed by atoms with E-state index in [1.54, 1.807) is 44.5 Å². The number of methoxy groups -OCH3 is 1. The third-order valence-electron chi connectivity index (χ3n) is 4.27. The number of ether oxygens (including phenoxy) is 1. The first kappa shape index (κ1) is 20.2. The summed E-state index contributed by atoms with van der Waals surface area (Å²) in [6, 6.07) is 12.5. The molecule has 0 bridgehead atoms. The van der Waals surface area contributed by atoms with Crippen molar-refractivity contribution in [2.45, 2.75) is 18.6 Å². The predicted molar refractivity (Wildman–Crippen MR) is 114 cm³/mol. The van der Waals surface area contributed by atoms with Crippen LogP contribution in [-0.4, -0.2) is 41.3 Å². The number of aliphatic imine (C=N–C) groups is 1. The van der Waals surface area contributed by atoms with Crippen molar-refractivity contribution < 1.29 is 14.3 Å². The van der Waals surface area contributed by atoms with Gasteiger partial charge in [0.05, 0.1) is 12.8 Å². The first-order chi connectivity index (χ1) is 13.4. The fraction of sp³-hybridized carbons (Fsp3) is 0.250. The second kappa shape index (κ2) is 8.67. The van der Waals surface area contributed by atoms with Gasteiger partial charge in [0, 0.05) is 24.2 Å². The van der Waals surface area contributed by atoms with Gasteiger partial charge < -0.3 is 10.1 Å². The number of nitrogens with one attached hydrogen (secondary N) is 1. The molecular weight excluding hydrogens is 398 g/mol. The van der Waals surface area contributed by atoms with E-state index in [1.165, 1.54) is 16.7 Å². The van der Waals surface area contributed by atoms with E-state index in [0.29, 0.717) is 27.3 Å². The fourth-order valence-electron chi connectivity index (χ4n) is 2.61. The number of carbonyl (C=O) groups is 2. The molecule has 0 aliphatic carbocycles. The van der Waals surface area contributed by atoms with Crippen molar-refractivity contribution in [1.29, 1.82) is 0 Å². The van der Waals surface area contributed by atoms with Gasteiger partial charge in [-0.3, -0.25) is 14.5 Å². The predicted octanol–water partition coefficient (Wildman–Crippen LogP) is 4.25. The van der Waals surface area contributed by atoms with E-state index in [2.05, 4.69) is 10.3 Å². The van der Waals surface area contributed by atoms with E-state index in [-0.39, 0.29) is 18.2 Å². The van der Waals surface area contributed by atoms with E-state index in [1.807, 2.05) is 19.1 Å². The molecule has 1 aliphatic rings. The number of benzene rings is 2. The average molecular weight is 418 g/mol. The molecule has 2 aromatic carbocycles. The molecule has 1 saturated heterocycles. The largest absolute Gasteiger partial charge is 0.497 e. The average Bonchev–Trinajstić information content (AvgIpc) is 2.93. The lowest BCUT2D eigenvalue weighted by atomic mass is 10.2. The number of nitrogens with zero attached hydrogens (tertiary/aromatic N) is 2. The molecule has 6 nitrogen and oxygen atoms in total. The van der Waals surface area contributed by atoms with E-state index in [0.717, 1.165) is 5.56 Å². The molecular formula is C20H20ClN3O3S. The Balaban J connectivity index is 1.66.